The molecule has 0 radical (unpaired) electrons. The zero-order chi connectivity index (χ0) is 14.5. The van der Waals surface area contributed by atoms with Crippen molar-refractivity contribution in [2.24, 2.45) is 0 Å². The number of hydrogen-bond acceptors (Lipinski definition) is 2. The number of halogens is 1. The molecule has 0 unspecified atom stereocenters. The van der Waals surface area contributed by atoms with Crippen molar-refractivity contribution in [3.05, 3.63) is 71.0 Å². The van der Waals surface area contributed by atoms with E-state index in [1.54, 1.807) is 25.1 Å². The van der Waals surface area contributed by atoms with Gasteiger partial charge in [0.25, 0.3) is 5.91 Å². The van der Waals surface area contributed by atoms with E-state index in [2.05, 4.69) is 5.32 Å². The van der Waals surface area contributed by atoms with Crippen molar-refractivity contribution in [3.63, 3.8) is 0 Å². The summed E-state index contributed by atoms with van der Waals surface area (Å²) in [7, 11) is 0. The van der Waals surface area contributed by atoms with E-state index in [-0.39, 0.29) is 12.2 Å². The lowest BCUT2D eigenvalue weighted by molar-refractivity contribution is 0.0912. The van der Waals surface area contributed by atoms with Crippen LogP contribution in [0.4, 0.5) is 4.39 Å². The lowest BCUT2D eigenvalue weighted by atomic mass is 10.1. The predicted octanol–water partition coefficient (Wildman–Crippen LogP) is 2.60. The molecule has 0 fully saturated rings. The van der Waals surface area contributed by atoms with E-state index >= 15 is 0 Å². The fraction of sp³-hybridized carbons (Fsp3) is 0.188. The summed E-state index contributed by atoms with van der Waals surface area (Å²) in [6.45, 7) is 1.54. The van der Waals surface area contributed by atoms with Crippen LogP contribution in [0.5, 0.6) is 0 Å². The number of aryl methyl sites for hydroxylation is 1. The maximum Gasteiger partial charge on any atom is 0.254 e. The summed E-state index contributed by atoms with van der Waals surface area (Å²) in [6.07, 6.45) is 0. The maximum atomic E-state index is 13.7. The minimum atomic E-state index is -0.571. The molecule has 0 aromatic heterocycles. The summed E-state index contributed by atoms with van der Waals surface area (Å²) in [6, 6.07) is 12.9. The van der Waals surface area contributed by atoms with E-state index in [1.165, 1.54) is 12.1 Å². The Morgan fingerprint density at radius 3 is 2.60 bits per heavy atom. The van der Waals surface area contributed by atoms with Crippen LogP contribution in [0.3, 0.4) is 0 Å². The number of aliphatic hydroxyl groups excluding tert-OH is 1. The SMILES string of the molecule is Cc1ccc(F)c(C(=O)N[C@@H](CO)c2ccccc2)c1. The number of aliphatic hydroxyl groups is 1. The van der Waals surface area contributed by atoms with Gasteiger partial charge in [0.05, 0.1) is 18.2 Å². The number of rotatable bonds is 4. The molecule has 2 aromatic rings. The molecule has 3 nitrogen and oxygen atoms in total. The highest BCUT2D eigenvalue weighted by atomic mass is 19.1. The van der Waals surface area contributed by atoms with Crippen molar-refractivity contribution in [1.82, 2.24) is 5.32 Å². The fourth-order valence-electron chi connectivity index (χ4n) is 1.97. The molecule has 0 bridgehead atoms. The van der Waals surface area contributed by atoms with Crippen LogP contribution in [-0.2, 0) is 0 Å². The van der Waals surface area contributed by atoms with E-state index in [0.717, 1.165) is 11.1 Å². The first-order valence-corrected chi connectivity index (χ1v) is 6.34. The van der Waals surface area contributed by atoms with Crippen LogP contribution < -0.4 is 5.32 Å². The highest BCUT2D eigenvalue weighted by molar-refractivity contribution is 5.94. The molecule has 2 N–H and O–H groups in total. The number of hydrogen-bond donors (Lipinski definition) is 2. The van der Waals surface area contributed by atoms with Crippen molar-refractivity contribution in [2.75, 3.05) is 6.61 Å². The van der Waals surface area contributed by atoms with E-state index in [4.69, 9.17) is 0 Å². The van der Waals surface area contributed by atoms with Gasteiger partial charge in [-0.1, -0.05) is 42.0 Å². The Morgan fingerprint density at radius 2 is 1.95 bits per heavy atom. The molecule has 1 amide bonds. The zero-order valence-electron chi connectivity index (χ0n) is 11.1. The molecule has 104 valence electrons. The van der Waals surface area contributed by atoms with Crippen molar-refractivity contribution in [1.29, 1.82) is 0 Å². The Kier molecular flexibility index (Phi) is 4.48. The van der Waals surface area contributed by atoms with E-state index in [9.17, 15) is 14.3 Å². The second-order valence-corrected chi connectivity index (χ2v) is 4.60. The first kappa shape index (κ1) is 14.2. The molecular formula is C16H16FNO2. The largest absolute Gasteiger partial charge is 0.394 e. The van der Waals surface area contributed by atoms with Crippen LogP contribution in [-0.4, -0.2) is 17.6 Å². The maximum absolute atomic E-state index is 13.7. The Labute approximate surface area is 117 Å². The fourth-order valence-corrected chi connectivity index (χ4v) is 1.97. The minimum absolute atomic E-state index is 0.0145. The number of carbonyl (C=O) groups excluding carboxylic acids is 1. The standard InChI is InChI=1S/C16H16FNO2/c1-11-7-8-14(17)13(9-11)16(20)18-15(10-19)12-5-3-2-4-6-12/h2-9,15,19H,10H2,1H3,(H,18,20)/t15-/m0/s1. The molecule has 0 saturated carbocycles. The van der Waals surface area contributed by atoms with Crippen LogP contribution in [0.1, 0.15) is 27.5 Å². The molecule has 0 saturated heterocycles. The lowest BCUT2D eigenvalue weighted by Crippen LogP contribution is -2.31. The summed E-state index contributed by atoms with van der Waals surface area (Å²) < 4.78 is 13.7. The first-order valence-electron chi connectivity index (χ1n) is 6.34. The summed E-state index contributed by atoms with van der Waals surface area (Å²) in [5.41, 5.74) is 1.56. The molecule has 2 aromatic carbocycles. The monoisotopic (exact) mass is 273 g/mol. The van der Waals surface area contributed by atoms with Crippen LogP contribution in [0.25, 0.3) is 0 Å². The predicted molar refractivity (Wildman–Crippen MR) is 74.9 cm³/mol. The van der Waals surface area contributed by atoms with Gasteiger partial charge < -0.3 is 10.4 Å². The third kappa shape index (κ3) is 3.22. The van der Waals surface area contributed by atoms with Crippen molar-refractivity contribution >= 4 is 5.91 Å². The molecule has 0 spiro atoms. The number of carbonyl (C=O) groups is 1. The average Bonchev–Trinajstić information content (AvgIpc) is 2.48. The average molecular weight is 273 g/mol. The van der Waals surface area contributed by atoms with E-state index in [0.29, 0.717) is 0 Å². The van der Waals surface area contributed by atoms with Gasteiger partial charge in [-0.15, -0.1) is 0 Å². The molecule has 0 aliphatic heterocycles. The smallest absolute Gasteiger partial charge is 0.254 e. The minimum Gasteiger partial charge on any atom is -0.394 e. The Bertz CT molecular complexity index is 599. The van der Waals surface area contributed by atoms with Crippen LogP contribution in [0, 0.1) is 12.7 Å². The Balaban J connectivity index is 2.20. The summed E-state index contributed by atoms with van der Waals surface area (Å²) >= 11 is 0. The summed E-state index contributed by atoms with van der Waals surface area (Å²) in [5.74, 6) is -1.10. The molecule has 0 heterocycles. The van der Waals surface area contributed by atoms with Gasteiger partial charge in [0.2, 0.25) is 0 Å². The third-order valence-electron chi connectivity index (χ3n) is 3.06. The van der Waals surface area contributed by atoms with Gasteiger partial charge >= 0.3 is 0 Å². The second kappa shape index (κ2) is 6.30. The molecule has 0 aliphatic rings. The molecular weight excluding hydrogens is 257 g/mol. The summed E-state index contributed by atoms with van der Waals surface area (Å²) in [4.78, 5) is 12.1. The normalized spacial score (nSPS) is 11.9. The van der Waals surface area contributed by atoms with Crippen molar-refractivity contribution < 1.29 is 14.3 Å². The van der Waals surface area contributed by atoms with E-state index in [1.807, 2.05) is 18.2 Å². The lowest BCUT2D eigenvalue weighted by Gasteiger charge is -2.17. The van der Waals surface area contributed by atoms with Gasteiger partial charge in [-0.05, 0) is 24.6 Å². The topological polar surface area (TPSA) is 49.3 Å². The quantitative estimate of drug-likeness (QED) is 0.899. The highest BCUT2D eigenvalue weighted by Gasteiger charge is 2.17. The Hall–Kier alpha value is -2.20. The van der Waals surface area contributed by atoms with Gasteiger partial charge in [0.1, 0.15) is 5.82 Å². The van der Waals surface area contributed by atoms with Gasteiger partial charge in [0, 0.05) is 0 Å². The van der Waals surface area contributed by atoms with E-state index < -0.39 is 17.8 Å². The van der Waals surface area contributed by atoms with Crippen LogP contribution in [0.2, 0.25) is 0 Å². The van der Waals surface area contributed by atoms with Crippen LogP contribution >= 0.6 is 0 Å². The first-order chi connectivity index (χ1) is 9.61. The number of nitrogens with one attached hydrogen (secondary N) is 1. The van der Waals surface area contributed by atoms with Gasteiger partial charge in [-0.2, -0.15) is 0 Å². The summed E-state index contributed by atoms with van der Waals surface area (Å²) in [5, 5.41) is 12.0. The van der Waals surface area contributed by atoms with Gasteiger partial charge in [-0.3, -0.25) is 4.79 Å². The molecule has 20 heavy (non-hydrogen) atoms. The van der Waals surface area contributed by atoms with Crippen molar-refractivity contribution in [3.8, 4) is 0 Å². The van der Waals surface area contributed by atoms with Gasteiger partial charge in [0.15, 0.2) is 0 Å². The van der Waals surface area contributed by atoms with Crippen molar-refractivity contribution in [2.45, 2.75) is 13.0 Å². The number of amides is 1. The zero-order valence-corrected chi connectivity index (χ0v) is 11.1. The second-order valence-electron chi connectivity index (χ2n) is 4.60. The molecule has 1 atom stereocenters. The Morgan fingerprint density at radius 1 is 1.25 bits per heavy atom. The third-order valence-corrected chi connectivity index (χ3v) is 3.06. The van der Waals surface area contributed by atoms with Crippen LogP contribution in [0.15, 0.2) is 48.5 Å². The molecule has 2 rings (SSSR count). The van der Waals surface area contributed by atoms with Gasteiger partial charge in [-0.25, -0.2) is 4.39 Å². The number of benzene rings is 2. The highest BCUT2D eigenvalue weighted by Crippen LogP contribution is 2.15. The molecule has 4 heteroatoms. The molecule has 0 aliphatic carbocycles.